The summed E-state index contributed by atoms with van der Waals surface area (Å²) in [5.41, 5.74) is 5.79. The number of anilines is 1. The van der Waals surface area contributed by atoms with Crippen LogP contribution >= 0.6 is 0 Å². The monoisotopic (exact) mass is 387 g/mol. The number of nitrogens with two attached hydrogens (primary N) is 1. The minimum atomic E-state index is -3.45. The fourth-order valence-electron chi connectivity index (χ4n) is 4.17. The van der Waals surface area contributed by atoms with Gasteiger partial charge in [-0.15, -0.1) is 4.36 Å². The Bertz CT molecular complexity index is 1100. The number of amides is 2. The van der Waals surface area contributed by atoms with Gasteiger partial charge in [0.25, 0.3) is 0 Å². The summed E-state index contributed by atoms with van der Waals surface area (Å²) in [5, 5.41) is 12.9. The first-order valence-corrected chi connectivity index (χ1v) is 10.7. The molecule has 142 valence electrons. The Morgan fingerprint density at radius 1 is 1.33 bits per heavy atom. The van der Waals surface area contributed by atoms with Crippen molar-refractivity contribution in [1.82, 2.24) is 9.78 Å². The Balaban J connectivity index is 1.47. The van der Waals surface area contributed by atoms with Crippen LogP contribution in [0.15, 0.2) is 21.5 Å². The molecule has 9 heteroatoms. The molecule has 2 amide bonds. The SMILES string of the molecule is C[C@@H]1Cn2ncc([S@@](N)(=O)=NC(=O)Nc3c4c(cc5c3CC5)CCC4)c2O1. The number of fused-ring (bicyclic) bond motifs is 3. The second-order valence-electron chi connectivity index (χ2n) is 7.40. The molecule has 0 bridgehead atoms. The Morgan fingerprint density at radius 2 is 2.11 bits per heavy atom. The maximum Gasteiger partial charge on any atom is 0.354 e. The van der Waals surface area contributed by atoms with Crippen molar-refractivity contribution in [3.05, 3.63) is 34.5 Å². The lowest BCUT2D eigenvalue weighted by Crippen LogP contribution is -2.21. The molecule has 1 aliphatic heterocycles. The summed E-state index contributed by atoms with van der Waals surface area (Å²) in [5.74, 6) is 0.330. The smallest absolute Gasteiger partial charge is 0.354 e. The number of hydrogen-bond donors (Lipinski definition) is 2. The van der Waals surface area contributed by atoms with Crippen LogP contribution in [0, 0.1) is 0 Å². The predicted octanol–water partition coefficient (Wildman–Crippen LogP) is 2.18. The van der Waals surface area contributed by atoms with Crippen LogP contribution in [0.1, 0.15) is 35.6 Å². The molecule has 0 spiro atoms. The summed E-state index contributed by atoms with van der Waals surface area (Å²) in [6.07, 6.45) is 6.33. The molecule has 0 fully saturated rings. The summed E-state index contributed by atoms with van der Waals surface area (Å²) in [7, 11) is -3.45. The van der Waals surface area contributed by atoms with Crippen molar-refractivity contribution < 1.29 is 13.7 Å². The zero-order chi connectivity index (χ0) is 18.8. The molecular formula is C18H21N5O3S. The molecule has 8 nitrogen and oxygen atoms in total. The normalized spacial score (nSPS) is 21.3. The van der Waals surface area contributed by atoms with Gasteiger partial charge in [-0.3, -0.25) is 0 Å². The van der Waals surface area contributed by atoms with Crippen LogP contribution in [0.3, 0.4) is 0 Å². The number of carbonyl (C=O) groups is 1. The minimum absolute atomic E-state index is 0.0813. The van der Waals surface area contributed by atoms with Crippen molar-refractivity contribution in [1.29, 1.82) is 0 Å². The van der Waals surface area contributed by atoms with Crippen LogP contribution in [-0.2, 0) is 42.1 Å². The van der Waals surface area contributed by atoms with Crippen molar-refractivity contribution in [3.8, 4) is 5.88 Å². The molecule has 2 heterocycles. The van der Waals surface area contributed by atoms with Gasteiger partial charge in [-0.05, 0) is 61.3 Å². The van der Waals surface area contributed by atoms with E-state index >= 15 is 0 Å². The quantitative estimate of drug-likeness (QED) is 0.822. The summed E-state index contributed by atoms with van der Waals surface area (Å²) < 4.78 is 23.9. The Kier molecular flexibility index (Phi) is 3.60. The maximum atomic E-state index is 12.9. The Labute approximate surface area is 157 Å². The summed E-state index contributed by atoms with van der Waals surface area (Å²) >= 11 is 0. The van der Waals surface area contributed by atoms with Crippen molar-refractivity contribution in [2.45, 2.75) is 56.6 Å². The zero-order valence-electron chi connectivity index (χ0n) is 15.0. The van der Waals surface area contributed by atoms with E-state index in [1.165, 1.54) is 28.5 Å². The topological polar surface area (TPSA) is 112 Å². The average Bonchev–Trinajstić information content (AvgIpc) is 3.24. The van der Waals surface area contributed by atoms with Gasteiger partial charge in [0, 0.05) is 5.69 Å². The van der Waals surface area contributed by atoms with E-state index < -0.39 is 15.9 Å². The van der Waals surface area contributed by atoms with E-state index in [9.17, 15) is 9.00 Å². The van der Waals surface area contributed by atoms with Gasteiger partial charge < -0.3 is 10.1 Å². The highest BCUT2D eigenvalue weighted by Crippen LogP contribution is 2.39. The molecular weight excluding hydrogens is 366 g/mol. The number of carbonyl (C=O) groups excluding carboxylic acids is 1. The van der Waals surface area contributed by atoms with E-state index in [1.54, 1.807) is 4.68 Å². The lowest BCUT2D eigenvalue weighted by atomic mass is 9.83. The van der Waals surface area contributed by atoms with Crippen LogP contribution in [0.25, 0.3) is 0 Å². The molecule has 3 N–H and O–H groups in total. The number of nitrogens with zero attached hydrogens (tertiary/aromatic N) is 3. The average molecular weight is 387 g/mol. The summed E-state index contributed by atoms with van der Waals surface area (Å²) in [6.45, 7) is 2.44. The molecule has 27 heavy (non-hydrogen) atoms. The second-order valence-corrected chi connectivity index (χ2v) is 9.15. The first-order valence-electron chi connectivity index (χ1n) is 9.17. The molecule has 5 rings (SSSR count). The molecule has 0 radical (unpaired) electrons. The van der Waals surface area contributed by atoms with Gasteiger partial charge in [0.1, 0.15) is 11.0 Å². The van der Waals surface area contributed by atoms with E-state index in [-0.39, 0.29) is 11.0 Å². The number of hydrogen-bond acceptors (Lipinski definition) is 4. The number of ether oxygens (including phenoxy) is 1. The summed E-state index contributed by atoms with van der Waals surface area (Å²) in [4.78, 5) is 12.7. The minimum Gasteiger partial charge on any atom is -0.472 e. The number of nitrogens with one attached hydrogen (secondary N) is 1. The van der Waals surface area contributed by atoms with Gasteiger partial charge in [0.05, 0.1) is 12.7 Å². The highest BCUT2D eigenvalue weighted by atomic mass is 32.2. The van der Waals surface area contributed by atoms with Gasteiger partial charge in [-0.1, -0.05) is 6.07 Å². The largest absolute Gasteiger partial charge is 0.472 e. The standard InChI is InChI=1S/C18H21N5O3S/c1-10-9-23-17(26-10)15(8-20-23)27(19,25)22-18(24)21-16-13-4-2-3-11(13)7-12-5-6-14(12)16/h7-8,10H,2-6,9H2,1H3,(H3,19,21,22,24,25)/t10-,27+/m1/s1. The number of urea groups is 1. The predicted molar refractivity (Wildman–Crippen MR) is 100 cm³/mol. The molecule has 0 saturated heterocycles. The Morgan fingerprint density at radius 3 is 2.89 bits per heavy atom. The molecule has 0 unspecified atom stereocenters. The molecule has 1 aromatic carbocycles. The third kappa shape index (κ3) is 2.64. The van der Waals surface area contributed by atoms with Crippen molar-refractivity contribution in [3.63, 3.8) is 0 Å². The third-order valence-corrected chi connectivity index (χ3v) is 6.86. The molecule has 1 aromatic heterocycles. The molecule has 3 aliphatic rings. The van der Waals surface area contributed by atoms with Crippen LogP contribution in [0.5, 0.6) is 5.88 Å². The van der Waals surface area contributed by atoms with Gasteiger partial charge in [0.2, 0.25) is 5.88 Å². The summed E-state index contributed by atoms with van der Waals surface area (Å²) in [6, 6.07) is 1.57. The van der Waals surface area contributed by atoms with Crippen LogP contribution < -0.4 is 15.2 Å². The second kappa shape index (κ2) is 5.80. The first kappa shape index (κ1) is 16.8. The van der Waals surface area contributed by atoms with Gasteiger partial charge in [0.15, 0.2) is 9.92 Å². The van der Waals surface area contributed by atoms with Crippen LogP contribution in [0.2, 0.25) is 0 Å². The van der Waals surface area contributed by atoms with E-state index in [0.717, 1.165) is 37.8 Å². The number of rotatable bonds is 2. The van der Waals surface area contributed by atoms with Crippen molar-refractivity contribution in [2.75, 3.05) is 5.32 Å². The fraction of sp³-hybridized carbons (Fsp3) is 0.444. The van der Waals surface area contributed by atoms with Gasteiger partial charge in [-0.25, -0.2) is 18.8 Å². The first-order chi connectivity index (χ1) is 12.9. The van der Waals surface area contributed by atoms with Crippen LogP contribution in [0.4, 0.5) is 10.5 Å². The number of aryl methyl sites for hydroxylation is 2. The molecule has 0 saturated carbocycles. The Hall–Kier alpha value is -2.39. The lowest BCUT2D eigenvalue weighted by Gasteiger charge is -2.25. The highest BCUT2D eigenvalue weighted by molar-refractivity contribution is 7.91. The third-order valence-electron chi connectivity index (χ3n) is 5.51. The van der Waals surface area contributed by atoms with E-state index in [4.69, 9.17) is 9.88 Å². The van der Waals surface area contributed by atoms with Gasteiger partial charge >= 0.3 is 6.03 Å². The fourth-order valence-corrected chi connectivity index (χ4v) is 5.17. The molecule has 2 aromatic rings. The van der Waals surface area contributed by atoms with Crippen molar-refractivity contribution >= 4 is 21.6 Å². The van der Waals surface area contributed by atoms with Gasteiger partial charge in [-0.2, -0.15) is 5.10 Å². The lowest BCUT2D eigenvalue weighted by molar-refractivity contribution is 0.248. The molecule has 2 aliphatic carbocycles. The van der Waals surface area contributed by atoms with Crippen molar-refractivity contribution in [2.24, 2.45) is 9.50 Å². The number of benzene rings is 1. The van der Waals surface area contributed by atoms with Crippen LogP contribution in [-0.4, -0.2) is 26.1 Å². The maximum absolute atomic E-state index is 12.9. The highest BCUT2D eigenvalue weighted by Gasteiger charge is 2.30. The number of aromatic nitrogens is 2. The van der Waals surface area contributed by atoms with E-state index in [1.807, 2.05) is 6.92 Å². The zero-order valence-corrected chi connectivity index (χ0v) is 15.8. The van der Waals surface area contributed by atoms with E-state index in [2.05, 4.69) is 20.8 Å². The molecule has 2 atom stereocenters. The van der Waals surface area contributed by atoms with E-state index in [0.29, 0.717) is 12.4 Å².